The van der Waals surface area contributed by atoms with Gasteiger partial charge in [0.1, 0.15) is 19.0 Å². The molecule has 1 aromatic heterocycles. The van der Waals surface area contributed by atoms with Crippen molar-refractivity contribution in [1.29, 1.82) is 0 Å². The molecule has 34 heavy (non-hydrogen) atoms. The van der Waals surface area contributed by atoms with E-state index in [0.717, 1.165) is 42.5 Å². The minimum absolute atomic E-state index is 0.00494. The SMILES string of the molecule is Cn1c(COCC(=O)N2[C@H](Cc3ccccc3)C[C@]3(C)NC(=O)CCC[C@H]23)nc2ccccc21. The van der Waals surface area contributed by atoms with E-state index in [1.165, 1.54) is 5.56 Å². The van der Waals surface area contributed by atoms with Crippen LogP contribution in [0.1, 0.15) is 44.0 Å². The van der Waals surface area contributed by atoms with Crippen molar-refractivity contribution in [3.05, 3.63) is 66.0 Å². The Morgan fingerprint density at radius 3 is 2.74 bits per heavy atom. The summed E-state index contributed by atoms with van der Waals surface area (Å²) in [5, 5.41) is 3.24. The van der Waals surface area contributed by atoms with E-state index in [-0.39, 0.29) is 37.1 Å². The molecule has 0 aliphatic carbocycles. The van der Waals surface area contributed by atoms with E-state index >= 15 is 0 Å². The Balaban J connectivity index is 1.32. The number of amides is 2. The molecule has 7 heteroatoms. The number of aryl methyl sites for hydroxylation is 1. The van der Waals surface area contributed by atoms with Gasteiger partial charge in [-0.05, 0) is 50.3 Å². The van der Waals surface area contributed by atoms with Crippen LogP contribution in [0.4, 0.5) is 0 Å². The molecule has 2 amide bonds. The monoisotopic (exact) mass is 460 g/mol. The standard InChI is InChI=1S/C27H32N4O3/c1-27-16-20(15-19-9-4-3-5-10-19)31(23(27)13-8-14-25(32)29-27)26(33)18-34-17-24-28-21-11-6-7-12-22(21)30(24)2/h3-7,9-12,20,23H,8,13-18H2,1-2H3,(H,29,32)/t20-,23+,27+/m1/s1. The van der Waals surface area contributed by atoms with E-state index in [1.54, 1.807) is 0 Å². The van der Waals surface area contributed by atoms with Crippen molar-refractivity contribution >= 4 is 22.8 Å². The van der Waals surface area contributed by atoms with Gasteiger partial charge in [-0.1, -0.05) is 42.5 Å². The summed E-state index contributed by atoms with van der Waals surface area (Å²) in [4.78, 5) is 32.6. The van der Waals surface area contributed by atoms with Crippen molar-refractivity contribution in [3.63, 3.8) is 0 Å². The summed E-state index contributed by atoms with van der Waals surface area (Å²) in [6, 6.07) is 18.2. The Morgan fingerprint density at radius 2 is 1.94 bits per heavy atom. The predicted molar refractivity (Wildman–Crippen MR) is 130 cm³/mol. The van der Waals surface area contributed by atoms with E-state index in [2.05, 4.69) is 29.4 Å². The summed E-state index contributed by atoms with van der Waals surface area (Å²) in [6.07, 6.45) is 3.63. The second-order valence-corrected chi connectivity index (χ2v) is 9.79. The van der Waals surface area contributed by atoms with Gasteiger partial charge in [-0.2, -0.15) is 0 Å². The van der Waals surface area contributed by atoms with Crippen LogP contribution in [0.25, 0.3) is 11.0 Å². The zero-order valence-electron chi connectivity index (χ0n) is 19.9. The third-order valence-electron chi connectivity index (χ3n) is 7.37. The first kappa shape index (κ1) is 22.6. The van der Waals surface area contributed by atoms with Gasteiger partial charge in [-0.15, -0.1) is 0 Å². The molecule has 2 fully saturated rings. The van der Waals surface area contributed by atoms with E-state index < -0.39 is 5.54 Å². The Kier molecular flexibility index (Phi) is 6.13. The highest BCUT2D eigenvalue weighted by Crippen LogP contribution is 2.39. The number of likely N-dealkylation sites (tertiary alicyclic amines) is 1. The third-order valence-corrected chi connectivity index (χ3v) is 7.37. The first-order chi connectivity index (χ1) is 16.4. The molecule has 0 spiro atoms. The zero-order valence-corrected chi connectivity index (χ0v) is 19.9. The highest BCUT2D eigenvalue weighted by molar-refractivity contribution is 5.81. The Labute approximate surface area is 200 Å². The van der Waals surface area contributed by atoms with Crippen LogP contribution in [0.5, 0.6) is 0 Å². The number of hydrogen-bond acceptors (Lipinski definition) is 4. The second kappa shape index (κ2) is 9.22. The van der Waals surface area contributed by atoms with Crippen LogP contribution in [0.2, 0.25) is 0 Å². The minimum atomic E-state index is -0.417. The third kappa shape index (κ3) is 4.32. The molecule has 2 saturated heterocycles. The molecule has 3 heterocycles. The van der Waals surface area contributed by atoms with Crippen molar-refractivity contribution < 1.29 is 14.3 Å². The summed E-state index contributed by atoms with van der Waals surface area (Å²) in [5.41, 5.74) is 2.74. The molecule has 2 aliphatic rings. The van der Waals surface area contributed by atoms with Crippen molar-refractivity contribution in [2.75, 3.05) is 6.61 Å². The number of hydrogen-bond donors (Lipinski definition) is 1. The van der Waals surface area contributed by atoms with E-state index in [9.17, 15) is 9.59 Å². The molecule has 0 saturated carbocycles. The van der Waals surface area contributed by atoms with Gasteiger partial charge >= 0.3 is 0 Å². The molecule has 0 radical (unpaired) electrons. The highest BCUT2D eigenvalue weighted by Gasteiger charge is 2.52. The van der Waals surface area contributed by atoms with Crippen LogP contribution in [0.3, 0.4) is 0 Å². The number of carbonyl (C=O) groups is 2. The van der Waals surface area contributed by atoms with Crippen molar-refractivity contribution in [1.82, 2.24) is 19.8 Å². The molecule has 178 valence electrons. The molecule has 2 aromatic carbocycles. The number of aromatic nitrogens is 2. The molecule has 3 aromatic rings. The quantitative estimate of drug-likeness (QED) is 0.612. The largest absolute Gasteiger partial charge is 0.364 e. The van der Waals surface area contributed by atoms with Gasteiger partial charge in [0.15, 0.2) is 0 Å². The molecular weight excluding hydrogens is 428 g/mol. The van der Waals surface area contributed by atoms with Crippen molar-refractivity contribution in [2.45, 2.75) is 63.3 Å². The lowest BCUT2D eigenvalue weighted by molar-refractivity contribution is -0.140. The predicted octanol–water partition coefficient (Wildman–Crippen LogP) is 3.36. The zero-order chi connectivity index (χ0) is 23.7. The van der Waals surface area contributed by atoms with E-state index in [1.807, 2.05) is 59.0 Å². The first-order valence-electron chi connectivity index (χ1n) is 12.1. The Bertz CT molecular complexity index is 1190. The number of para-hydroxylation sites is 2. The second-order valence-electron chi connectivity index (χ2n) is 9.79. The summed E-state index contributed by atoms with van der Waals surface area (Å²) in [5.74, 6) is 0.850. The highest BCUT2D eigenvalue weighted by atomic mass is 16.5. The first-order valence-corrected chi connectivity index (χ1v) is 12.1. The number of imidazole rings is 1. The summed E-state index contributed by atoms with van der Waals surface area (Å²) in [6.45, 7) is 2.36. The topological polar surface area (TPSA) is 76.5 Å². The lowest BCUT2D eigenvalue weighted by Gasteiger charge is -2.35. The number of rotatable bonds is 6. The number of fused-ring (bicyclic) bond motifs is 2. The van der Waals surface area contributed by atoms with Crippen LogP contribution < -0.4 is 5.32 Å². The number of benzene rings is 2. The molecular formula is C27H32N4O3. The maximum absolute atomic E-state index is 13.5. The summed E-state index contributed by atoms with van der Waals surface area (Å²) < 4.78 is 7.91. The van der Waals surface area contributed by atoms with Gasteiger partial charge in [0.25, 0.3) is 0 Å². The molecule has 5 rings (SSSR count). The molecule has 2 aliphatic heterocycles. The van der Waals surface area contributed by atoms with Crippen LogP contribution >= 0.6 is 0 Å². The number of nitrogens with one attached hydrogen (secondary N) is 1. The number of ether oxygens (including phenoxy) is 1. The molecule has 0 unspecified atom stereocenters. The van der Waals surface area contributed by atoms with Crippen LogP contribution in [0, 0.1) is 0 Å². The molecule has 1 N–H and O–H groups in total. The average molecular weight is 461 g/mol. The Hall–Kier alpha value is -3.19. The lowest BCUT2D eigenvalue weighted by atomic mass is 9.89. The molecule has 3 atom stereocenters. The normalized spacial score (nSPS) is 24.6. The summed E-state index contributed by atoms with van der Waals surface area (Å²) >= 11 is 0. The maximum Gasteiger partial charge on any atom is 0.249 e. The fraction of sp³-hybridized carbons (Fsp3) is 0.444. The molecule has 0 bridgehead atoms. The van der Waals surface area contributed by atoms with Gasteiger partial charge in [0.2, 0.25) is 11.8 Å². The van der Waals surface area contributed by atoms with Crippen LogP contribution in [0.15, 0.2) is 54.6 Å². The van der Waals surface area contributed by atoms with Crippen LogP contribution in [-0.2, 0) is 34.4 Å². The fourth-order valence-electron chi connectivity index (χ4n) is 5.78. The van der Waals surface area contributed by atoms with Crippen molar-refractivity contribution in [2.24, 2.45) is 7.05 Å². The summed E-state index contributed by atoms with van der Waals surface area (Å²) in [7, 11) is 1.96. The fourth-order valence-corrected chi connectivity index (χ4v) is 5.78. The number of carbonyl (C=O) groups excluding carboxylic acids is 2. The molecule has 7 nitrogen and oxygen atoms in total. The van der Waals surface area contributed by atoms with Gasteiger partial charge in [0, 0.05) is 19.5 Å². The van der Waals surface area contributed by atoms with Crippen LogP contribution in [-0.4, -0.2) is 50.5 Å². The van der Waals surface area contributed by atoms with Gasteiger partial charge in [0.05, 0.1) is 22.6 Å². The van der Waals surface area contributed by atoms with E-state index in [4.69, 9.17) is 4.74 Å². The lowest BCUT2D eigenvalue weighted by Crippen LogP contribution is -2.54. The van der Waals surface area contributed by atoms with E-state index in [0.29, 0.717) is 6.42 Å². The van der Waals surface area contributed by atoms with Gasteiger partial charge < -0.3 is 19.5 Å². The number of nitrogens with zero attached hydrogens (tertiary/aromatic N) is 3. The maximum atomic E-state index is 13.5. The minimum Gasteiger partial charge on any atom is -0.364 e. The Morgan fingerprint density at radius 1 is 1.18 bits per heavy atom. The van der Waals surface area contributed by atoms with Gasteiger partial charge in [-0.3, -0.25) is 9.59 Å². The average Bonchev–Trinajstić information content (AvgIpc) is 3.22. The van der Waals surface area contributed by atoms with Gasteiger partial charge in [-0.25, -0.2) is 4.98 Å². The van der Waals surface area contributed by atoms with Crippen molar-refractivity contribution in [3.8, 4) is 0 Å². The smallest absolute Gasteiger partial charge is 0.249 e.